The summed E-state index contributed by atoms with van der Waals surface area (Å²) in [5.41, 5.74) is 4.02. The third-order valence-electron chi connectivity index (χ3n) is 5.65. The van der Waals surface area contributed by atoms with E-state index in [1.165, 1.54) is 0 Å². The predicted molar refractivity (Wildman–Crippen MR) is 117 cm³/mol. The lowest BCUT2D eigenvalue weighted by atomic mass is 9.85. The number of carbonyl (C=O) groups excluding carboxylic acids is 2. The molecule has 0 saturated carbocycles. The van der Waals surface area contributed by atoms with E-state index >= 15 is 0 Å². The number of allylic oxidation sites excluding steroid dienone is 1. The Kier molecular flexibility index (Phi) is 5.72. The number of hydrogen-bond donors (Lipinski definition) is 1. The van der Waals surface area contributed by atoms with Crippen LogP contribution in [0.1, 0.15) is 57.1 Å². The Labute approximate surface area is 176 Å². The van der Waals surface area contributed by atoms with Crippen molar-refractivity contribution in [3.63, 3.8) is 0 Å². The van der Waals surface area contributed by atoms with Gasteiger partial charge in [-0.05, 0) is 43.0 Å². The number of unbranched alkanes of at least 4 members (excludes halogenated alkanes) is 1. The van der Waals surface area contributed by atoms with Gasteiger partial charge in [0, 0.05) is 29.1 Å². The fourth-order valence-electron chi connectivity index (χ4n) is 4.25. The maximum atomic E-state index is 13.5. The highest BCUT2D eigenvalue weighted by atomic mass is 35.5. The van der Waals surface area contributed by atoms with Crippen LogP contribution in [0.2, 0.25) is 5.02 Å². The molecule has 0 aromatic heterocycles. The fraction of sp³-hybridized carbons (Fsp3) is 0.333. The van der Waals surface area contributed by atoms with Crippen LogP contribution in [-0.2, 0) is 9.59 Å². The molecule has 150 valence electrons. The van der Waals surface area contributed by atoms with Crippen LogP contribution in [0.15, 0.2) is 59.8 Å². The Bertz CT molecular complexity index is 982. The third-order valence-corrected chi connectivity index (χ3v) is 5.99. The molecule has 0 saturated heterocycles. The molecule has 1 amide bonds. The first-order valence-electron chi connectivity index (χ1n) is 10.3. The van der Waals surface area contributed by atoms with Crippen molar-refractivity contribution in [3.05, 3.63) is 70.4 Å². The molecule has 0 radical (unpaired) electrons. The summed E-state index contributed by atoms with van der Waals surface area (Å²) in [6, 6.07) is 14.8. The van der Waals surface area contributed by atoms with Gasteiger partial charge in [0.1, 0.15) is 0 Å². The van der Waals surface area contributed by atoms with Gasteiger partial charge in [0.15, 0.2) is 5.78 Å². The van der Waals surface area contributed by atoms with Crippen molar-refractivity contribution < 1.29 is 9.59 Å². The van der Waals surface area contributed by atoms with E-state index < -0.39 is 6.04 Å². The number of halogens is 1. The summed E-state index contributed by atoms with van der Waals surface area (Å²) in [6.07, 6.45) is 4.26. The van der Waals surface area contributed by atoms with Crippen LogP contribution in [0.25, 0.3) is 0 Å². The Morgan fingerprint density at radius 3 is 2.69 bits per heavy atom. The largest absolute Gasteiger partial charge is 0.357 e. The van der Waals surface area contributed by atoms with Crippen molar-refractivity contribution in [3.8, 4) is 0 Å². The van der Waals surface area contributed by atoms with Crippen molar-refractivity contribution in [1.29, 1.82) is 0 Å². The van der Waals surface area contributed by atoms with Gasteiger partial charge in [-0.2, -0.15) is 0 Å². The van der Waals surface area contributed by atoms with Gasteiger partial charge in [0.05, 0.1) is 17.4 Å². The van der Waals surface area contributed by atoms with Gasteiger partial charge in [-0.15, -0.1) is 0 Å². The lowest BCUT2D eigenvalue weighted by molar-refractivity contribution is -0.119. The number of nitrogens with zero attached hydrogens (tertiary/aromatic N) is 1. The van der Waals surface area contributed by atoms with E-state index in [9.17, 15) is 9.59 Å². The maximum Gasteiger partial charge on any atom is 0.227 e. The van der Waals surface area contributed by atoms with Crippen LogP contribution >= 0.6 is 11.6 Å². The SMILES string of the molecule is CCCCC(=O)N1c2ccccc2NC2=C(C(=O)CCC2)[C@H]1c1ccccc1Cl. The lowest BCUT2D eigenvalue weighted by Crippen LogP contribution is -2.38. The van der Waals surface area contributed by atoms with E-state index in [1.54, 1.807) is 4.90 Å². The van der Waals surface area contributed by atoms with Crippen LogP contribution < -0.4 is 10.2 Å². The number of fused-ring (bicyclic) bond motifs is 1. The van der Waals surface area contributed by atoms with E-state index in [2.05, 4.69) is 12.2 Å². The standard InChI is InChI=1S/C24H25ClN2O2/c1-2-3-15-22(29)27-20-13-7-6-11-18(20)26-19-12-8-14-21(28)23(19)24(27)16-9-4-5-10-17(16)25/h4-7,9-11,13,24,26H,2-3,8,12,14-15H2,1H3/t24-/m1/s1. The number of ketones is 1. The highest BCUT2D eigenvalue weighted by Crippen LogP contribution is 2.46. The molecule has 1 atom stereocenters. The first-order valence-corrected chi connectivity index (χ1v) is 10.7. The Hall–Kier alpha value is -2.59. The number of nitrogens with one attached hydrogen (secondary N) is 1. The van der Waals surface area contributed by atoms with E-state index in [-0.39, 0.29) is 11.7 Å². The number of para-hydroxylation sites is 2. The van der Waals surface area contributed by atoms with Crippen LogP contribution in [0.3, 0.4) is 0 Å². The summed E-state index contributed by atoms with van der Waals surface area (Å²) in [7, 11) is 0. The molecular formula is C24H25ClN2O2. The molecule has 4 nitrogen and oxygen atoms in total. The van der Waals surface area contributed by atoms with Crippen molar-refractivity contribution in [1.82, 2.24) is 0 Å². The van der Waals surface area contributed by atoms with Crippen LogP contribution in [0, 0.1) is 0 Å². The number of benzene rings is 2. The molecule has 1 N–H and O–H groups in total. The molecule has 2 aliphatic rings. The van der Waals surface area contributed by atoms with E-state index in [0.717, 1.165) is 48.3 Å². The second-order valence-corrected chi connectivity index (χ2v) is 8.01. The lowest BCUT2D eigenvalue weighted by Gasteiger charge is -2.34. The number of amides is 1. The number of hydrogen-bond acceptors (Lipinski definition) is 3. The number of Topliss-reactive ketones (excluding diaryl/α,β-unsaturated/α-hetero) is 1. The molecule has 2 aromatic carbocycles. The maximum absolute atomic E-state index is 13.5. The fourth-order valence-corrected chi connectivity index (χ4v) is 4.49. The first-order chi connectivity index (χ1) is 14.1. The van der Waals surface area contributed by atoms with Crippen LogP contribution in [-0.4, -0.2) is 11.7 Å². The molecule has 1 aliphatic carbocycles. The second-order valence-electron chi connectivity index (χ2n) is 7.60. The van der Waals surface area contributed by atoms with Gasteiger partial charge < -0.3 is 5.32 Å². The molecule has 5 heteroatoms. The molecule has 0 spiro atoms. The highest BCUT2D eigenvalue weighted by molar-refractivity contribution is 6.31. The average molecular weight is 409 g/mol. The predicted octanol–water partition coefficient (Wildman–Crippen LogP) is 6.04. The summed E-state index contributed by atoms with van der Waals surface area (Å²) < 4.78 is 0. The normalized spacial score (nSPS) is 18.6. The molecule has 1 aliphatic heterocycles. The molecule has 29 heavy (non-hydrogen) atoms. The quantitative estimate of drug-likeness (QED) is 0.671. The van der Waals surface area contributed by atoms with E-state index in [1.807, 2.05) is 48.5 Å². The minimum Gasteiger partial charge on any atom is -0.357 e. The zero-order valence-corrected chi connectivity index (χ0v) is 17.3. The topological polar surface area (TPSA) is 49.4 Å². The summed E-state index contributed by atoms with van der Waals surface area (Å²) >= 11 is 6.60. The van der Waals surface area contributed by atoms with E-state index in [4.69, 9.17) is 11.6 Å². The minimum absolute atomic E-state index is 0.0122. The Morgan fingerprint density at radius 1 is 1.14 bits per heavy atom. The van der Waals surface area contributed by atoms with Crippen molar-refractivity contribution >= 4 is 34.7 Å². The van der Waals surface area contributed by atoms with Crippen molar-refractivity contribution in [2.24, 2.45) is 0 Å². The zero-order valence-electron chi connectivity index (χ0n) is 16.6. The smallest absolute Gasteiger partial charge is 0.227 e. The molecule has 0 fully saturated rings. The minimum atomic E-state index is -0.521. The summed E-state index contributed by atoms with van der Waals surface area (Å²) in [4.78, 5) is 28.4. The molecule has 0 unspecified atom stereocenters. The van der Waals surface area contributed by atoms with E-state index in [0.29, 0.717) is 23.4 Å². The monoisotopic (exact) mass is 408 g/mol. The molecule has 4 rings (SSSR count). The van der Waals surface area contributed by atoms with Gasteiger partial charge in [0.25, 0.3) is 0 Å². The number of anilines is 2. The summed E-state index contributed by atoms with van der Waals surface area (Å²) in [5, 5.41) is 4.04. The number of carbonyl (C=O) groups is 2. The van der Waals surface area contributed by atoms with Crippen molar-refractivity contribution in [2.75, 3.05) is 10.2 Å². The highest BCUT2D eigenvalue weighted by Gasteiger charge is 2.39. The van der Waals surface area contributed by atoms with Crippen LogP contribution in [0.4, 0.5) is 11.4 Å². The van der Waals surface area contributed by atoms with Gasteiger partial charge in [-0.3, -0.25) is 14.5 Å². The van der Waals surface area contributed by atoms with Crippen LogP contribution in [0.5, 0.6) is 0 Å². The molecule has 0 bridgehead atoms. The molecule has 2 aromatic rings. The number of rotatable bonds is 4. The first kappa shape index (κ1) is 19.7. The second kappa shape index (κ2) is 8.42. The Balaban J connectivity index is 1.97. The van der Waals surface area contributed by atoms with Gasteiger partial charge in [-0.25, -0.2) is 0 Å². The molecule has 1 heterocycles. The average Bonchev–Trinajstić information content (AvgIpc) is 2.87. The zero-order chi connectivity index (χ0) is 20.4. The Morgan fingerprint density at radius 2 is 1.90 bits per heavy atom. The summed E-state index contributed by atoms with van der Waals surface area (Å²) in [5.74, 6) is 0.0999. The van der Waals surface area contributed by atoms with Gasteiger partial charge >= 0.3 is 0 Å². The van der Waals surface area contributed by atoms with Gasteiger partial charge in [0.2, 0.25) is 5.91 Å². The van der Waals surface area contributed by atoms with Gasteiger partial charge in [-0.1, -0.05) is 55.3 Å². The molecular weight excluding hydrogens is 384 g/mol. The summed E-state index contributed by atoms with van der Waals surface area (Å²) in [6.45, 7) is 2.07. The van der Waals surface area contributed by atoms with Crippen molar-refractivity contribution in [2.45, 2.75) is 51.5 Å². The third kappa shape index (κ3) is 3.69.